The molecule has 0 N–H and O–H groups in total. The molecule has 0 amide bonds. The molecule has 60 valence electrons. The average molecular weight is 270 g/mol. The second kappa shape index (κ2) is 7.80. The molecule has 0 aliphatic heterocycles. The van der Waals surface area contributed by atoms with Gasteiger partial charge in [0, 0.05) is 4.48 Å². The van der Waals surface area contributed by atoms with Crippen LogP contribution in [-0.2, 0) is 0 Å². The fraction of sp³-hybridized carbons (Fsp3) is 0.750. The van der Waals surface area contributed by atoms with Gasteiger partial charge in [-0.3, -0.25) is 0 Å². The minimum absolute atomic E-state index is 1.17. The minimum Gasteiger partial charge on any atom is -0.0654 e. The zero-order valence-electron chi connectivity index (χ0n) is 6.37. The molecular weight excluding hydrogens is 256 g/mol. The van der Waals surface area contributed by atoms with Crippen molar-refractivity contribution in [2.24, 2.45) is 0 Å². The molecule has 0 aliphatic carbocycles. The van der Waals surface area contributed by atoms with Crippen molar-refractivity contribution in [3.63, 3.8) is 0 Å². The number of halogens is 2. The summed E-state index contributed by atoms with van der Waals surface area (Å²) in [7, 11) is 0. The molecule has 0 aromatic heterocycles. The minimum atomic E-state index is 1.17. The highest BCUT2D eigenvalue weighted by Gasteiger charge is 1.90. The first-order valence-corrected chi connectivity index (χ1v) is 5.47. The zero-order chi connectivity index (χ0) is 7.82. The summed E-state index contributed by atoms with van der Waals surface area (Å²) < 4.78 is 1.27. The van der Waals surface area contributed by atoms with Crippen molar-refractivity contribution in [2.45, 2.75) is 39.0 Å². The first-order valence-electron chi connectivity index (χ1n) is 3.76. The normalized spacial score (nSPS) is 12.1. The van der Waals surface area contributed by atoms with Gasteiger partial charge in [0.2, 0.25) is 0 Å². The Kier molecular flexibility index (Phi) is 8.35. The highest BCUT2D eigenvalue weighted by atomic mass is 79.9. The molecule has 10 heavy (non-hydrogen) atoms. The summed E-state index contributed by atoms with van der Waals surface area (Å²) in [6.07, 6.45) is 6.51. The summed E-state index contributed by atoms with van der Waals surface area (Å²) in [6, 6.07) is 0. The van der Waals surface area contributed by atoms with Crippen LogP contribution in [0.25, 0.3) is 0 Å². The van der Waals surface area contributed by atoms with E-state index in [0.29, 0.717) is 0 Å². The van der Waals surface area contributed by atoms with Crippen molar-refractivity contribution in [2.75, 3.05) is 0 Å². The fourth-order valence-corrected chi connectivity index (χ4v) is 1.28. The number of allylic oxidation sites excluding steroid dienone is 1. The molecule has 0 aliphatic rings. The molecule has 2 heteroatoms. The summed E-state index contributed by atoms with van der Waals surface area (Å²) in [5, 5.41) is 0. The van der Waals surface area contributed by atoms with Crippen LogP contribution in [0.15, 0.2) is 9.47 Å². The molecule has 0 saturated carbocycles. The average Bonchev–Trinajstić information content (AvgIpc) is 1.98. The van der Waals surface area contributed by atoms with Crippen molar-refractivity contribution in [3.8, 4) is 0 Å². The van der Waals surface area contributed by atoms with Crippen LogP contribution in [0, 0.1) is 0 Å². The predicted octanol–water partition coefficient (Wildman–Crippen LogP) is 4.59. The van der Waals surface area contributed by atoms with Gasteiger partial charge in [0.1, 0.15) is 0 Å². The lowest BCUT2D eigenvalue weighted by atomic mass is 10.2. The molecule has 0 saturated heterocycles. The quantitative estimate of drug-likeness (QED) is 0.641. The van der Waals surface area contributed by atoms with E-state index < -0.39 is 0 Å². The van der Waals surface area contributed by atoms with Crippen molar-refractivity contribution in [3.05, 3.63) is 9.47 Å². The van der Waals surface area contributed by atoms with Crippen molar-refractivity contribution >= 4 is 31.9 Å². The standard InChI is InChI=1S/C8H14Br2/c1-2-3-4-5-6-8(10)7-9/h7H,2-6H2,1H3/b8-7+. The van der Waals surface area contributed by atoms with E-state index in [1.165, 1.54) is 36.6 Å². The van der Waals surface area contributed by atoms with Crippen LogP contribution in [0.2, 0.25) is 0 Å². The van der Waals surface area contributed by atoms with Crippen molar-refractivity contribution in [1.82, 2.24) is 0 Å². The van der Waals surface area contributed by atoms with Crippen molar-refractivity contribution < 1.29 is 0 Å². The summed E-state index contributed by atoms with van der Waals surface area (Å²) in [5.74, 6) is 0. The Morgan fingerprint density at radius 2 is 2.00 bits per heavy atom. The molecule has 0 aromatic carbocycles. The van der Waals surface area contributed by atoms with Crippen LogP contribution < -0.4 is 0 Å². The van der Waals surface area contributed by atoms with Gasteiger partial charge in [0.05, 0.1) is 0 Å². The van der Waals surface area contributed by atoms with Crippen LogP contribution in [0.5, 0.6) is 0 Å². The van der Waals surface area contributed by atoms with Gasteiger partial charge in [-0.05, 0) is 17.8 Å². The van der Waals surface area contributed by atoms with E-state index in [4.69, 9.17) is 0 Å². The molecule has 0 nitrogen and oxygen atoms in total. The first-order chi connectivity index (χ1) is 4.81. The van der Waals surface area contributed by atoms with E-state index in [9.17, 15) is 0 Å². The van der Waals surface area contributed by atoms with Gasteiger partial charge in [-0.2, -0.15) is 0 Å². The molecular formula is C8H14Br2. The molecule has 0 atom stereocenters. The van der Waals surface area contributed by atoms with Gasteiger partial charge in [-0.15, -0.1) is 0 Å². The van der Waals surface area contributed by atoms with Crippen LogP contribution in [0.3, 0.4) is 0 Å². The third-order valence-electron chi connectivity index (χ3n) is 1.39. The molecule has 0 rings (SSSR count). The number of hydrogen-bond donors (Lipinski definition) is 0. The number of rotatable bonds is 5. The number of hydrogen-bond acceptors (Lipinski definition) is 0. The Labute approximate surface area is 80.3 Å². The van der Waals surface area contributed by atoms with E-state index in [2.05, 4.69) is 38.8 Å². The molecule has 0 unspecified atom stereocenters. The second-order valence-corrected chi connectivity index (χ2v) is 3.84. The van der Waals surface area contributed by atoms with E-state index in [0.717, 1.165) is 0 Å². The third-order valence-corrected chi connectivity index (χ3v) is 3.18. The third kappa shape index (κ3) is 6.81. The molecule has 0 fully saturated rings. The lowest BCUT2D eigenvalue weighted by Gasteiger charge is -1.96. The molecule has 0 spiro atoms. The van der Waals surface area contributed by atoms with Crippen molar-refractivity contribution in [1.29, 1.82) is 0 Å². The van der Waals surface area contributed by atoms with Gasteiger partial charge < -0.3 is 0 Å². The maximum Gasteiger partial charge on any atom is 0.00197 e. The van der Waals surface area contributed by atoms with E-state index in [1.54, 1.807) is 0 Å². The Bertz CT molecular complexity index is 97.4. The Hall–Kier alpha value is 0.700. The monoisotopic (exact) mass is 268 g/mol. The maximum absolute atomic E-state index is 3.44. The Morgan fingerprint density at radius 1 is 1.30 bits per heavy atom. The van der Waals surface area contributed by atoms with Gasteiger partial charge in [-0.25, -0.2) is 0 Å². The largest absolute Gasteiger partial charge is 0.0654 e. The Balaban J connectivity index is 3.04. The number of unbranched alkanes of at least 4 members (excludes halogenated alkanes) is 3. The van der Waals surface area contributed by atoms with Crippen LogP contribution in [0.4, 0.5) is 0 Å². The lowest BCUT2D eigenvalue weighted by Crippen LogP contribution is -1.75. The fourth-order valence-electron chi connectivity index (χ4n) is 0.775. The summed E-state index contributed by atoms with van der Waals surface area (Å²) in [4.78, 5) is 1.94. The lowest BCUT2D eigenvalue weighted by molar-refractivity contribution is 0.673. The summed E-state index contributed by atoms with van der Waals surface area (Å²) in [6.45, 7) is 2.23. The van der Waals surface area contributed by atoms with E-state index in [1.807, 2.05) is 4.99 Å². The first kappa shape index (κ1) is 10.7. The molecule has 0 radical (unpaired) electrons. The highest BCUT2D eigenvalue weighted by Crippen LogP contribution is 2.16. The zero-order valence-corrected chi connectivity index (χ0v) is 9.54. The SMILES string of the molecule is CCCCCC/C(Br)=C\Br. The summed E-state index contributed by atoms with van der Waals surface area (Å²) >= 11 is 6.72. The van der Waals surface area contributed by atoms with Crippen LogP contribution >= 0.6 is 31.9 Å². The smallest absolute Gasteiger partial charge is 0.00197 e. The van der Waals surface area contributed by atoms with E-state index in [-0.39, 0.29) is 0 Å². The van der Waals surface area contributed by atoms with Gasteiger partial charge >= 0.3 is 0 Å². The van der Waals surface area contributed by atoms with E-state index >= 15 is 0 Å². The maximum atomic E-state index is 3.44. The second-order valence-electron chi connectivity index (χ2n) is 2.37. The highest BCUT2D eigenvalue weighted by molar-refractivity contribution is 9.14. The van der Waals surface area contributed by atoms with Crippen LogP contribution in [0.1, 0.15) is 39.0 Å². The van der Waals surface area contributed by atoms with Gasteiger partial charge in [0.25, 0.3) is 0 Å². The van der Waals surface area contributed by atoms with Gasteiger partial charge in [-0.1, -0.05) is 58.0 Å². The molecule has 0 heterocycles. The molecule has 0 aromatic rings. The molecule has 0 bridgehead atoms. The summed E-state index contributed by atoms with van der Waals surface area (Å²) in [5.41, 5.74) is 0. The predicted molar refractivity (Wildman–Crippen MR) is 54.7 cm³/mol. The van der Waals surface area contributed by atoms with Gasteiger partial charge in [0.15, 0.2) is 0 Å². The van der Waals surface area contributed by atoms with Crippen LogP contribution in [-0.4, -0.2) is 0 Å². The Morgan fingerprint density at radius 3 is 2.50 bits per heavy atom. The topological polar surface area (TPSA) is 0 Å².